The van der Waals surface area contributed by atoms with E-state index in [1.54, 1.807) is 18.2 Å². The lowest BCUT2D eigenvalue weighted by Gasteiger charge is -2.04. The Morgan fingerprint density at radius 2 is 1.58 bits per heavy atom. The van der Waals surface area contributed by atoms with Crippen molar-refractivity contribution in [3.63, 3.8) is 0 Å². The van der Waals surface area contributed by atoms with E-state index in [2.05, 4.69) is 0 Å². The van der Waals surface area contributed by atoms with E-state index in [4.69, 9.17) is 0 Å². The monoisotopic (exact) mass is 252 g/mol. The van der Waals surface area contributed by atoms with E-state index in [9.17, 15) is 9.90 Å². The molecule has 0 saturated carbocycles. The number of carbonyl (C=O) groups excluding carboxylic acids is 1. The second-order valence-electron chi connectivity index (χ2n) is 4.33. The fourth-order valence-electron chi connectivity index (χ4n) is 1.79. The van der Waals surface area contributed by atoms with Crippen LogP contribution in [0.1, 0.15) is 22.3 Å². The van der Waals surface area contributed by atoms with Gasteiger partial charge in [0.1, 0.15) is 0 Å². The number of aliphatic hydroxyl groups excluding tert-OH is 1. The van der Waals surface area contributed by atoms with Crippen molar-refractivity contribution in [1.82, 2.24) is 0 Å². The van der Waals surface area contributed by atoms with Gasteiger partial charge in [-0.2, -0.15) is 0 Å². The number of Topliss-reactive ketones (excluding diaryl/α,β-unsaturated/α-hetero) is 1. The molecule has 2 heteroatoms. The number of carbonyl (C=O) groups is 1. The van der Waals surface area contributed by atoms with E-state index in [1.807, 2.05) is 54.6 Å². The van der Waals surface area contributed by atoms with Crippen molar-refractivity contribution in [2.45, 2.75) is 12.5 Å². The zero-order chi connectivity index (χ0) is 13.5. The van der Waals surface area contributed by atoms with Crippen molar-refractivity contribution in [3.05, 3.63) is 77.9 Å². The van der Waals surface area contributed by atoms with Crippen LogP contribution in [0.3, 0.4) is 0 Å². The van der Waals surface area contributed by atoms with E-state index < -0.39 is 6.10 Å². The first-order valence-electron chi connectivity index (χ1n) is 6.25. The van der Waals surface area contributed by atoms with Crippen LogP contribution in [0, 0.1) is 0 Å². The topological polar surface area (TPSA) is 37.3 Å². The van der Waals surface area contributed by atoms with E-state index in [1.165, 1.54) is 0 Å². The molecule has 2 rings (SSSR count). The summed E-state index contributed by atoms with van der Waals surface area (Å²) >= 11 is 0. The van der Waals surface area contributed by atoms with Gasteiger partial charge in [0.25, 0.3) is 0 Å². The third-order valence-corrected chi connectivity index (χ3v) is 2.80. The Morgan fingerprint density at radius 3 is 2.21 bits per heavy atom. The van der Waals surface area contributed by atoms with Gasteiger partial charge in [-0.1, -0.05) is 72.8 Å². The standard InChI is InChI=1S/C17H16O2/c18-16(12-11-14-7-3-1-4-8-14)13-17(19)15-9-5-2-6-10-15/h1-12,16,18H,13H2/b12-11+/t16-/m1/s1. The van der Waals surface area contributed by atoms with Crippen molar-refractivity contribution in [3.8, 4) is 0 Å². The lowest BCUT2D eigenvalue weighted by molar-refractivity contribution is 0.0923. The molecule has 2 nitrogen and oxygen atoms in total. The molecular formula is C17H16O2. The first kappa shape index (κ1) is 13.2. The van der Waals surface area contributed by atoms with Gasteiger partial charge in [0.2, 0.25) is 0 Å². The van der Waals surface area contributed by atoms with Gasteiger partial charge < -0.3 is 5.11 Å². The normalized spacial score (nSPS) is 12.5. The van der Waals surface area contributed by atoms with Gasteiger partial charge in [-0.25, -0.2) is 0 Å². The summed E-state index contributed by atoms with van der Waals surface area (Å²) in [7, 11) is 0. The molecule has 0 radical (unpaired) electrons. The maximum Gasteiger partial charge on any atom is 0.165 e. The van der Waals surface area contributed by atoms with Gasteiger partial charge >= 0.3 is 0 Å². The molecule has 0 aliphatic heterocycles. The highest BCUT2D eigenvalue weighted by atomic mass is 16.3. The second-order valence-corrected chi connectivity index (χ2v) is 4.33. The lowest BCUT2D eigenvalue weighted by atomic mass is 10.0. The average Bonchev–Trinajstić information content (AvgIpc) is 2.47. The summed E-state index contributed by atoms with van der Waals surface area (Å²) in [6.07, 6.45) is 2.82. The minimum Gasteiger partial charge on any atom is -0.389 e. The summed E-state index contributed by atoms with van der Waals surface area (Å²) in [5.74, 6) is -0.0502. The fraction of sp³-hybridized carbons (Fsp3) is 0.118. The maximum atomic E-state index is 11.9. The average molecular weight is 252 g/mol. The van der Waals surface area contributed by atoms with Crippen LogP contribution in [-0.4, -0.2) is 17.0 Å². The Labute approximate surface area is 113 Å². The van der Waals surface area contributed by atoms with Crippen LogP contribution in [0.5, 0.6) is 0 Å². The summed E-state index contributed by atoms with van der Waals surface area (Å²) in [6.45, 7) is 0. The highest BCUT2D eigenvalue weighted by molar-refractivity contribution is 5.96. The number of benzene rings is 2. The third kappa shape index (κ3) is 4.19. The predicted octanol–water partition coefficient (Wildman–Crippen LogP) is 3.33. The van der Waals surface area contributed by atoms with Crippen molar-refractivity contribution in [2.75, 3.05) is 0 Å². The Bertz CT molecular complexity index is 544. The van der Waals surface area contributed by atoms with Crippen LogP contribution >= 0.6 is 0 Å². The largest absolute Gasteiger partial charge is 0.389 e. The lowest BCUT2D eigenvalue weighted by Crippen LogP contribution is -2.10. The molecule has 0 bridgehead atoms. The minimum absolute atomic E-state index is 0.0502. The summed E-state index contributed by atoms with van der Waals surface area (Å²) in [6, 6.07) is 18.7. The number of rotatable bonds is 5. The summed E-state index contributed by atoms with van der Waals surface area (Å²) in [5.41, 5.74) is 1.64. The number of ketones is 1. The molecule has 0 spiro atoms. The van der Waals surface area contributed by atoms with Crippen LogP contribution in [0.15, 0.2) is 66.7 Å². The molecular weight excluding hydrogens is 236 g/mol. The van der Waals surface area contributed by atoms with Crippen molar-refractivity contribution in [2.24, 2.45) is 0 Å². The zero-order valence-electron chi connectivity index (χ0n) is 10.6. The zero-order valence-corrected chi connectivity index (χ0v) is 10.6. The second kappa shape index (κ2) is 6.66. The van der Waals surface area contributed by atoms with E-state index >= 15 is 0 Å². The van der Waals surface area contributed by atoms with E-state index in [-0.39, 0.29) is 12.2 Å². The molecule has 2 aromatic carbocycles. The van der Waals surface area contributed by atoms with Crippen LogP contribution < -0.4 is 0 Å². The first-order valence-corrected chi connectivity index (χ1v) is 6.25. The SMILES string of the molecule is O=C(C[C@H](O)/C=C/c1ccccc1)c1ccccc1. The summed E-state index contributed by atoms with van der Waals surface area (Å²) in [5, 5.41) is 9.83. The quantitative estimate of drug-likeness (QED) is 0.829. The number of hydrogen-bond acceptors (Lipinski definition) is 2. The molecule has 0 aromatic heterocycles. The van der Waals surface area contributed by atoms with Gasteiger partial charge in [-0.3, -0.25) is 4.79 Å². The fourth-order valence-corrected chi connectivity index (χ4v) is 1.79. The molecule has 0 fully saturated rings. The molecule has 96 valence electrons. The van der Waals surface area contributed by atoms with Crippen LogP contribution in [0.4, 0.5) is 0 Å². The van der Waals surface area contributed by atoms with Crippen LogP contribution in [0.25, 0.3) is 6.08 Å². The predicted molar refractivity (Wildman–Crippen MR) is 76.9 cm³/mol. The van der Waals surface area contributed by atoms with Gasteiger partial charge in [-0.15, -0.1) is 0 Å². The molecule has 0 saturated heterocycles. The van der Waals surface area contributed by atoms with Crippen molar-refractivity contribution in [1.29, 1.82) is 0 Å². The maximum absolute atomic E-state index is 11.9. The van der Waals surface area contributed by atoms with Gasteiger partial charge in [0, 0.05) is 12.0 Å². The minimum atomic E-state index is -0.757. The molecule has 0 unspecified atom stereocenters. The molecule has 0 aliphatic carbocycles. The van der Waals surface area contributed by atoms with Crippen LogP contribution in [-0.2, 0) is 0 Å². The summed E-state index contributed by atoms with van der Waals surface area (Å²) in [4.78, 5) is 11.9. The van der Waals surface area contributed by atoms with Crippen molar-refractivity contribution < 1.29 is 9.90 Å². The van der Waals surface area contributed by atoms with Gasteiger partial charge in [0.05, 0.1) is 6.10 Å². The molecule has 0 heterocycles. The smallest absolute Gasteiger partial charge is 0.165 e. The molecule has 1 atom stereocenters. The molecule has 1 N–H and O–H groups in total. The van der Waals surface area contributed by atoms with E-state index in [0.29, 0.717) is 5.56 Å². The van der Waals surface area contributed by atoms with Gasteiger partial charge in [-0.05, 0) is 5.56 Å². The van der Waals surface area contributed by atoms with Gasteiger partial charge in [0.15, 0.2) is 5.78 Å². The molecule has 0 amide bonds. The molecule has 0 aliphatic rings. The van der Waals surface area contributed by atoms with E-state index in [0.717, 1.165) is 5.56 Å². The Hall–Kier alpha value is -2.19. The highest BCUT2D eigenvalue weighted by Gasteiger charge is 2.09. The third-order valence-electron chi connectivity index (χ3n) is 2.80. The Kier molecular flexibility index (Phi) is 4.65. The Balaban J connectivity index is 1.93. The summed E-state index contributed by atoms with van der Waals surface area (Å²) < 4.78 is 0. The van der Waals surface area contributed by atoms with Crippen molar-refractivity contribution >= 4 is 11.9 Å². The number of aliphatic hydroxyl groups is 1. The van der Waals surface area contributed by atoms with Crippen LogP contribution in [0.2, 0.25) is 0 Å². The number of hydrogen-bond donors (Lipinski definition) is 1. The molecule has 19 heavy (non-hydrogen) atoms. The molecule has 2 aromatic rings. The highest BCUT2D eigenvalue weighted by Crippen LogP contribution is 2.08. The Morgan fingerprint density at radius 1 is 1.00 bits per heavy atom. The first-order chi connectivity index (χ1) is 9.25.